The Balaban J connectivity index is 1.76. The molecule has 0 fully saturated rings. The predicted octanol–water partition coefficient (Wildman–Crippen LogP) is 3.85. The number of rotatable bonds is 6. The van der Waals surface area contributed by atoms with E-state index in [1.165, 1.54) is 12.1 Å². The fourth-order valence-corrected chi connectivity index (χ4v) is 3.78. The SMILES string of the molecule is Cc1ccc(S(=O)(=O)Nc2ccccc2)cc1NC(=O)Cc1ccc(C#N)cc1. The molecule has 0 saturated carbocycles. The summed E-state index contributed by atoms with van der Waals surface area (Å²) in [5.41, 5.74) is 2.92. The maximum absolute atomic E-state index is 12.7. The monoisotopic (exact) mass is 405 g/mol. The average molecular weight is 405 g/mol. The van der Waals surface area contributed by atoms with E-state index in [1.807, 2.05) is 6.07 Å². The van der Waals surface area contributed by atoms with Gasteiger partial charge < -0.3 is 5.32 Å². The largest absolute Gasteiger partial charge is 0.326 e. The third-order valence-electron chi connectivity index (χ3n) is 4.27. The second-order valence-corrected chi connectivity index (χ2v) is 8.16. The van der Waals surface area contributed by atoms with Crippen LogP contribution in [0.2, 0.25) is 0 Å². The highest BCUT2D eigenvalue weighted by Crippen LogP contribution is 2.22. The summed E-state index contributed by atoms with van der Waals surface area (Å²) < 4.78 is 27.8. The van der Waals surface area contributed by atoms with E-state index in [1.54, 1.807) is 67.6 Å². The summed E-state index contributed by atoms with van der Waals surface area (Å²) >= 11 is 0. The molecule has 0 aliphatic heterocycles. The van der Waals surface area contributed by atoms with Crippen molar-refractivity contribution in [3.63, 3.8) is 0 Å². The van der Waals surface area contributed by atoms with Gasteiger partial charge in [0.25, 0.3) is 10.0 Å². The van der Waals surface area contributed by atoms with Gasteiger partial charge in [0.05, 0.1) is 22.9 Å². The lowest BCUT2D eigenvalue weighted by molar-refractivity contribution is -0.115. The second-order valence-electron chi connectivity index (χ2n) is 6.48. The molecular formula is C22H19N3O3S. The number of nitriles is 1. The normalized spacial score (nSPS) is 10.8. The Kier molecular flexibility index (Phi) is 5.96. The van der Waals surface area contributed by atoms with E-state index in [-0.39, 0.29) is 17.2 Å². The van der Waals surface area contributed by atoms with Crippen molar-refractivity contribution in [1.29, 1.82) is 5.26 Å². The van der Waals surface area contributed by atoms with Gasteiger partial charge in [-0.15, -0.1) is 0 Å². The third kappa shape index (κ3) is 5.21. The van der Waals surface area contributed by atoms with Crippen molar-refractivity contribution in [3.05, 3.63) is 89.5 Å². The predicted molar refractivity (Wildman–Crippen MR) is 112 cm³/mol. The first kappa shape index (κ1) is 20.1. The molecule has 0 bridgehead atoms. The quantitative estimate of drug-likeness (QED) is 0.651. The molecule has 0 aromatic heterocycles. The molecule has 0 unspecified atom stereocenters. The Morgan fingerprint density at radius 3 is 2.34 bits per heavy atom. The van der Waals surface area contributed by atoms with E-state index in [2.05, 4.69) is 10.0 Å². The standard InChI is InChI=1S/C22H19N3O3S/c1-16-7-12-20(29(27,28)25-19-5-3-2-4-6-19)14-21(16)24-22(26)13-17-8-10-18(15-23)11-9-17/h2-12,14,25H,13H2,1H3,(H,24,26). The summed E-state index contributed by atoms with van der Waals surface area (Å²) in [6.07, 6.45) is 0.115. The van der Waals surface area contributed by atoms with Gasteiger partial charge in [0.2, 0.25) is 5.91 Å². The molecule has 146 valence electrons. The maximum Gasteiger partial charge on any atom is 0.261 e. The van der Waals surface area contributed by atoms with E-state index in [0.717, 1.165) is 11.1 Å². The second kappa shape index (κ2) is 8.59. The van der Waals surface area contributed by atoms with Gasteiger partial charge in [-0.3, -0.25) is 9.52 Å². The van der Waals surface area contributed by atoms with Crippen molar-refractivity contribution in [2.75, 3.05) is 10.0 Å². The minimum Gasteiger partial charge on any atom is -0.326 e. The Morgan fingerprint density at radius 1 is 1.00 bits per heavy atom. The Labute approximate surface area is 169 Å². The van der Waals surface area contributed by atoms with Crippen molar-refractivity contribution in [1.82, 2.24) is 0 Å². The van der Waals surface area contributed by atoms with E-state index in [0.29, 0.717) is 16.9 Å². The van der Waals surface area contributed by atoms with Crippen LogP contribution in [-0.4, -0.2) is 14.3 Å². The zero-order chi connectivity index (χ0) is 20.9. The number of sulfonamides is 1. The first-order valence-electron chi connectivity index (χ1n) is 8.85. The van der Waals surface area contributed by atoms with Crippen molar-refractivity contribution < 1.29 is 13.2 Å². The molecule has 0 spiro atoms. The topological polar surface area (TPSA) is 99.1 Å². The van der Waals surface area contributed by atoms with Crippen LogP contribution in [0.1, 0.15) is 16.7 Å². The Morgan fingerprint density at radius 2 is 1.69 bits per heavy atom. The van der Waals surface area contributed by atoms with Gasteiger partial charge in [-0.05, 0) is 54.4 Å². The van der Waals surface area contributed by atoms with Gasteiger partial charge in [0, 0.05) is 11.4 Å². The number of hydrogen-bond donors (Lipinski definition) is 2. The van der Waals surface area contributed by atoms with Crippen LogP contribution in [0.4, 0.5) is 11.4 Å². The number of hydrogen-bond acceptors (Lipinski definition) is 4. The van der Waals surface area contributed by atoms with Crippen LogP contribution in [0.5, 0.6) is 0 Å². The van der Waals surface area contributed by atoms with E-state index < -0.39 is 10.0 Å². The summed E-state index contributed by atoms with van der Waals surface area (Å²) in [4.78, 5) is 12.5. The summed E-state index contributed by atoms with van der Waals surface area (Å²) in [5.74, 6) is -0.275. The first-order chi connectivity index (χ1) is 13.9. The third-order valence-corrected chi connectivity index (χ3v) is 5.65. The molecule has 2 N–H and O–H groups in total. The first-order valence-corrected chi connectivity index (χ1v) is 10.3. The fraction of sp³-hybridized carbons (Fsp3) is 0.0909. The number of para-hydroxylation sites is 1. The van der Waals surface area contributed by atoms with Crippen molar-refractivity contribution in [2.45, 2.75) is 18.2 Å². The molecule has 0 atom stereocenters. The number of aryl methyl sites for hydroxylation is 1. The smallest absolute Gasteiger partial charge is 0.261 e. The van der Waals surface area contributed by atoms with Crippen LogP contribution in [0.15, 0.2) is 77.7 Å². The van der Waals surface area contributed by atoms with Gasteiger partial charge in [-0.25, -0.2) is 8.42 Å². The average Bonchev–Trinajstić information content (AvgIpc) is 2.70. The fourth-order valence-electron chi connectivity index (χ4n) is 2.70. The number of nitrogens with one attached hydrogen (secondary N) is 2. The minimum atomic E-state index is -3.79. The minimum absolute atomic E-state index is 0.0561. The highest BCUT2D eigenvalue weighted by molar-refractivity contribution is 7.92. The molecule has 0 heterocycles. The molecule has 3 aromatic rings. The number of benzene rings is 3. The molecular weight excluding hydrogens is 386 g/mol. The summed E-state index contributed by atoms with van der Waals surface area (Å²) in [5, 5.41) is 11.6. The lowest BCUT2D eigenvalue weighted by atomic mass is 10.1. The van der Waals surface area contributed by atoms with E-state index in [4.69, 9.17) is 5.26 Å². The molecule has 0 radical (unpaired) electrons. The number of carbonyl (C=O) groups excluding carboxylic acids is 1. The molecule has 3 aromatic carbocycles. The highest BCUT2D eigenvalue weighted by atomic mass is 32.2. The van der Waals surface area contributed by atoms with Crippen molar-refractivity contribution in [2.24, 2.45) is 0 Å². The maximum atomic E-state index is 12.7. The zero-order valence-corrected chi connectivity index (χ0v) is 16.5. The zero-order valence-electron chi connectivity index (χ0n) is 15.7. The van der Waals surface area contributed by atoms with Crippen LogP contribution < -0.4 is 10.0 Å². The molecule has 29 heavy (non-hydrogen) atoms. The van der Waals surface area contributed by atoms with Crippen LogP contribution >= 0.6 is 0 Å². The van der Waals surface area contributed by atoms with Gasteiger partial charge >= 0.3 is 0 Å². The van der Waals surface area contributed by atoms with Gasteiger partial charge in [0.15, 0.2) is 0 Å². The summed E-state index contributed by atoms with van der Waals surface area (Å²) in [6.45, 7) is 1.79. The van der Waals surface area contributed by atoms with E-state index >= 15 is 0 Å². The molecule has 3 rings (SSSR count). The summed E-state index contributed by atoms with van der Waals surface area (Å²) in [7, 11) is -3.79. The molecule has 6 nitrogen and oxygen atoms in total. The van der Waals surface area contributed by atoms with Gasteiger partial charge in [-0.1, -0.05) is 36.4 Å². The highest BCUT2D eigenvalue weighted by Gasteiger charge is 2.16. The molecule has 7 heteroatoms. The van der Waals surface area contributed by atoms with Crippen LogP contribution in [0, 0.1) is 18.3 Å². The van der Waals surface area contributed by atoms with Gasteiger partial charge in [-0.2, -0.15) is 5.26 Å². The lowest BCUT2D eigenvalue weighted by Gasteiger charge is -2.12. The molecule has 0 aliphatic rings. The van der Waals surface area contributed by atoms with Crippen LogP contribution in [0.25, 0.3) is 0 Å². The molecule has 1 amide bonds. The van der Waals surface area contributed by atoms with E-state index in [9.17, 15) is 13.2 Å². The van der Waals surface area contributed by atoms with Crippen LogP contribution in [-0.2, 0) is 21.2 Å². The van der Waals surface area contributed by atoms with Crippen molar-refractivity contribution in [3.8, 4) is 6.07 Å². The number of anilines is 2. The Bertz CT molecular complexity index is 1170. The van der Waals surface area contributed by atoms with Crippen LogP contribution in [0.3, 0.4) is 0 Å². The molecule has 0 saturated heterocycles. The number of carbonyl (C=O) groups is 1. The number of amides is 1. The van der Waals surface area contributed by atoms with Gasteiger partial charge in [0.1, 0.15) is 0 Å². The summed E-state index contributed by atoms with van der Waals surface area (Å²) in [6, 6.07) is 21.9. The number of nitrogens with zero attached hydrogens (tertiary/aromatic N) is 1. The molecule has 0 aliphatic carbocycles. The lowest BCUT2D eigenvalue weighted by Crippen LogP contribution is -2.17. The Hall–Kier alpha value is -3.63. The van der Waals surface area contributed by atoms with Crippen molar-refractivity contribution >= 4 is 27.3 Å².